The SMILES string of the molecule is CC1(C)OB(c2cnc(OC3CCCOC3)c(C#N)c2)OC1(C)C. The molecule has 0 saturated carbocycles. The second kappa shape index (κ2) is 6.36. The molecule has 0 bridgehead atoms. The maximum absolute atomic E-state index is 9.44. The molecule has 6 nitrogen and oxygen atoms in total. The summed E-state index contributed by atoms with van der Waals surface area (Å²) >= 11 is 0. The Kier molecular flexibility index (Phi) is 4.56. The van der Waals surface area contributed by atoms with Crippen LogP contribution in [0.25, 0.3) is 0 Å². The number of hydrogen-bond donors (Lipinski definition) is 0. The standard InChI is InChI=1S/C17H23BN2O4/c1-16(2)17(3,4)24-18(23-16)13-8-12(9-19)15(20-10-13)22-14-6-5-7-21-11-14/h8,10,14H,5-7,11H2,1-4H3. The summed E-state index contributed by atoms with van der Waals surface area (Å²) < 4.78 is 23.3. The van der Waals surface area contributed by atoms with Crippen LogP contribution in [0.2, 0.25) is 0 Å². The summed E-state index contributed by atoms with van der Waals surface area (Å²) in [6.45, 7) is 9.27. The second-order valence-corrected chi connectivity index (χ2v) is 7.28. The van der Waals surface area contributed by atoms with Crippen molar-refractivity contribution in [1.29, 1.82) is 5.26 Å². The minimum Gasteiger partial charge on any atom is -0.471 e. The Hall–Kier alpha value is -1.62. The van der Waals surface area contributed by atoms with Gasteiger partial charge in [0.1, 0.15) is 17.7 Å². The first-order valence-corrected chi connectivity index (χ1v) is 8.32. The van der Waals surface area contributed by atoms with Crippen LogP contribution < -0.4 is 10.2 Å². The van der Waals surface area contributed by atoms with E-state index < -0.39 is 18.3 Å². The molecule has 2 fully saturated rings. The summed E-state index contributed by atoms with van der Waals surface area (Å²) in [5.41, 5.74) is 0.239. The molecule has 1 unspecified atom stereocenters. The Morgan fingerprint density at radius 3 is 2.58 bits per heavy atom. The minimum atomic E-state index is -0.540. The topological polar surface area (TPSA) is 73.6 Å². The molecule has 0 amide bonds. The summed E-state index contributed by atoms with van der Waals surface area (Å²) in [5, 5.41) is 9.44. The van der Waals surface area contributed by atoms with Crippen molar-refractivity contribution >= 4 is 12.6 Å². The zero-order chi connectivity index (χ0) is 17.4. The molecule has 0 aromatic carbocycles. The van der Waals surface area contributed by atoms with Crippen molar-refractivity contribution in [3.63, 3.8) is 0 Å². The molecule has 1 aromatic rings. The number of aromatic nitrogens is 1. The zero-order valence-corrected chi connectivity index (χ0v) is 14.7. The fourth-order valence-corrected chi connectivity index (χ4v) is 2.71. The normalized spacial score (nSPS) is 25.3. The van der Waals surface area contributed by atoms with Gasteiger partial charge in [-0.2, -0.15) is 5.26 Å². The van der Waals surface area contributed by atoms with Gasteiger partial charge in [0.05, 0.1) is 17.8 Å². The average molecular weight is 330 g/mol. The third-order valence-corrected chi connectivity index (χ3v) is 4.91. The smallest absolute Gasteiger partial charge is 0.471 e. The van der Waals surface area contributed by atoms with Gasteiger partial charge in [-0.1, -0.05) is 0 Å². The molecule has 2 aliphatic heterocycles. The number of rotatable bonds is 3. The molecule has 2 aliphatic rings. The number of pyridine rings is 1. The molecule has 7 heteroatoms. The summed E-state index contributed by atoms with van der Waals surface area (Å²) in [7, 11) is -0.540. The maximum atomic E-state index is 9.44. The molecule has 24 heavy (non-hydrogen) atoms. The molecule has 2 saturated heterocycles. The molecular weight excluding hydrogens is 307 g/mol. The zero-order valence-electron chi connectivity index (χ0n) is 14.7. The lowest BCUT2D eigenvalue weighted by Crippen LogP contribution is -2.41. The van der Waals surface area contributed by atoms with E-state index in [2.05, 4.69) is 11.1 Å². The number of nitriles is 1. The minimum absolute atomic E-state index is 0.0546. The molecule has 0 aliphatic carbocycles. The van der Waals surface area contributed by atoms with Crippen molar-refractivity contribution in [2.24, 2.45) is 0 Å². The highest BCUT2D eigenvalue weighted by molar-refractivity contribution is 6.62. The third kappa shape index (κ3) is 3.27. The van der Waals surface area contributed by atoms with Crippen LogP contribution >= 0.6 is 0 Å². The summed E-state index contributed by atoms with van der Waals surface area (Å²) in [5.74, 6) is 0.341. The first-order valence-electron chi connectivity index (χ1n) is 8.32. The Balaban J connectivity index is 1.78. The van der Waals surface area contributed by atoms with Gasteiger partial charge in [0, 0.05) is 18.3 Å². The lowest BCUT2D eigenvalue weighted by atomic mass is 9.80. The third-order valence-electron chi connectivity index (χ3n) is 4.91. The van der Waals surface area contributed by atoms with E-state index in [9.17, 15) is 5.26 Å². The van der Waals surface area contributed by atoms with Gasteiger partial charge in [0.2, 0.25) is 5.88 Å². The van der Waals surface area contributed by atoms with E-state index in [0.717, 1.165) is 24.9 Å². The van der Waals surface area contributed by atoms with Gasteiger partial charge >= 0.3 is 7.12 Å². The van der Waals surface area contributed by atoms with Crippen LogP contribution in [0.5, 0.6) is 5.88 Å². The first kappa shape index (κ1) is 17.2. The predicted molar refractivity (Wildman–Crippen MR) is 89.1 cm³/mol. The van der Waals surface area contributed by atoms with Gasteiger partial charge in [0.15, 0.2) is 0 Å². The van der Waals surface area contributed by atoms with E-state index in [1.807, 2.05) is 27.7 Å². The second-order valence-electron chi connectivity index (χ2n) is 7.28. The van der Waals surface area contributed by atoms with Crippen LogP contribution in [0.4, 0.5) is 0 Å². The quantitative estimate of drug-likeness (QED) is 0.787. The lowest BCUT2D eigenvalue weighted by Gasteiger charge is -2.32. The summed E-state index contributed by atoms with van der Waals surface area (Å²) in [6.07, 6.45) is 3.47. The molecule has 1 aromatic heterocycles. The van der Waals surface area contributed by atoms with Gasteiger partial charge < -0.3 is 18.8 Å². The Morgan fingerprint density at radius 1 is 1.29 bits per heavy atom. The van der Waals surface area contributed by atoms with E-state index >= 15 is 0 Å². The summed E-state index contributed by atoms with van der Waals surface area (Å²) in [6, 6.07) is 3.88. The molecule has 3 heterocycles. The van der Waals surface area contributed by atoms with Crippen molar-refractivity contribution in [2.45, 2.75) is 57.8 Å². The van der Waals surface area contributed by atoms with E-state index in [-0.39, 0.29) is 6.10 Å². The van der Waals surface area contributed by atoms with Crippen LogP contribution in [0, 0.1) is 11.3 Å². The largest absolute Gasteiger partial charge is 0.496 e. The van der Waals surface area contributed by atoms with Crippen molar-refractivity contribution in [3.8, 4) is 11.9 Å². The molecular formula is C17H23BN2O4. The van der Waals surface area contributed by atoms with Crippen LogP contribution in [-0.2, 0) is 14.0 Å². The highest BCUT2D eigenvalue weighted by Crippen LogP contribution is 2.36. The fourth-order valence-electron chi connectivity index (χ4n) is 2.71. The average Bonchev–Trinajstić information content (AvgIpc) is 2.77. The number of ether oxygens (including phenoxy) is 2. The summed E-state index contributed by atoms with van der Waals surface area (Å²) in [4.78, 5) is 4.32. The van der Waals surface area contributed by atoms with Gasteiger partial charge in [0.25, 0.3) is 0 Å². The van der Waals surface area contributed by atoms with Gasteiger partial charge in [-0.05, 0) is 46.6 Å². The van der Waals surface area contributed by atoms with Crippen LogP contribution in [0.1, 0.15) is 46.1 Å². The van der Waals surface area contributed by atoms with Crippen LogP contribution in [0.15, 0.2) is 12.3 Å². The number of hydrogen-bond acceptors (Lipinski definition) is 6. The highest BCUT2D eigenvalue weighted by Gasteiger charge is 2.52. The Morgan fingerprint density at radius 2 is 2.00 bits per heavy atom. The van der Waals surface area contributed by atoms with Gasteiger partial charge in [-0.25, -0.2) is 4.98 Å². The van der Waals surface area contributed by atoms with Gasteiger partial charge in [-0.15, -0.1) is 0 Å². The maximum Gasteiger partial charge on any atom is 0.496 e. The van der Waals surface area contributed by atoms with Crippen molar-refractivity contribution < 1.29 is 18.8 Å². The molecule has 0 radical (unpaired) electrons. The molecule has 3 rings (SSSR count). The Bertz CT molecular complexity index is 634. The molecule has 128 valence electrons. The van der Waals surface area contributed by atoms with Gasteiger partial charge in [-0.3, -0.25) is 0 Å². The Labute approximate surface area is 143 Å². The monoisotopic (exact) mass is 330 g/mol. The van der Waals surface area contributed by atoms with Crippen LogP contribution in [-0.4, -0.2) is 42.6 Å². The van der Waals surface area contributed by atoms with Crippen molar-refractivity contribution in [1.82, 2.24) is 4.98 Å². The fraction of sp³-hybridized carbons (Fsp3) is 0.647. The molecule has 0 N–H and O–H groups in total. The first-order chi connectivity index (χ1) is 11.3. The van der Waals surface area contributed by atoms with Crippen LogP contribution in [0.3, 0.4) is 0 Å². The van der Waals surface area contributed by atoms with E-state index in [0.29, 0.717) is 18.1 Å². The van der Waals surface area contributed by atoms with E-state index in [1.54, 1.807) is 12.3 Å². The number of nitrogens with zero attached hydrogens (tertiary/aromatic N) is 2. The predicted octanol–water partition coefficient (Wildman–Crippen LogP) is 1.81. The van der Waals surface area contributed by atoms with Crippen molar-refractivity contribution in [2.75, 3.05) is 13.2 Å². The molecule has 1 atom stereocenters. The molecule has 0 spiro atoms. The van der Waals surface area contributed by atoms with E-state index in [4.69, 9.17) is 18.8 Å². The highest BCUT2D eigenvalue weighted by atomic mass is 16.7. The lowest BCUT2D eigenvalue weighted by molar-refractivity contribution is 0.00538. The van der Waals surface area contributed by atoms with E-state index in [1.165, 1.54) is 0 Å². The van der Waals surface area contributed by atoms with Crippen molar-refractivity contribution in [3.05, 3.63) is 17.8 Å².